The highest BCUT2D eigenvalue weighted by Crippen LogP contribution is 2.40. The average molecular weight is 311 g/mol. The zero-order valence-corrected chi connectivity index (χ0v) is 10.4. The first-order valence-electron chi connectivity index (χ1n) is 5.32. The lowest BCUT2D eigenvalue weighted by Gasteiger charge is -2.34. The van der Waals surface area contributed by atoms with Crippen LogP contribution in [-0.4, -0.2) is 24.7 Å². The molecule has 0 radical (unpaired) electrons. The summed E-state index contributed by atoms with van der Waals surface area (Å²) in [5.74, 6) is -1.36. The van der Waals surface area contributed by atoms with Crippen molar-refractivity contribution in [3.8, 4) is 0 Å². The Bertz CT molecular complexity index is 367. The van der Waals surface area contributed by atoms with Crippen molar-refractivity contribution >= 4 is 15.9 Å². The second-order valence-corrected chi connectivity index (χ2v) is 5.15. The molecule has 1 aliphatic rings. The predicted octanol–water partition coefficient (Wildman–Crippen LogP) is 4.29. The SMILES string of the molecule is FC1CC(F)C(F)C(c2ccc(Br)cc2)C1F. The summed E-state index contributed by atoms with van der Waals surface area (Å²) in [4.78, 5) is 0. The molecule has 2 rings (SSSR count). The molecule has 17 heavy (non-hydrogen) atoms. The van der Waals surface area contributed by atoms with Crippen LogP contribution in [0.5, 0.6) is 0 Å². The van der Waals surface area contributed by atoms with Crippen LogP contribution < -0.4 is 0 Å². The van der Waals surface area contributed by atoms with Crippen LogP contribution in [-0.2, 0) is 0 Å². The molecule has 5 heteroatoms. The molecule has 1 saturated carbocycles. The molecule has 4 atom stereocenters. The number of rotatable bonds is 1. The van der Waals surface area contributed by atoms with Gasteiger partial charge >= 0.3 is 0 Å². The van der Waals surface area contributed by atoms with Gasteiger partial charge in [0, 0.05) is 10.9 Å². The van der Waals surface area contributed by atoms with Crippen LogP contribution in [0.2, 0.25) is 0 Å². The fourth-order valence-electron chi connectivity index (χ4n) is 2.15. The van der Waals surface area contributed by atoms with Crippen molar-refractivity contribution in [3.05, 3.63) is 34.3 Å². The van der Waals surface area contributed by atoms with E-state index in [1.807, 2.05) is 0 Å². The highest BCUT2D eigenvalue weighted by molar-refractivity contribution is 9.10. The fraction of sp³-hybridized carbons (Fsp3) is 0.500. The Balaban J connectivity index is 2.30. The van der Waals surface area contributed by atoms with Crippen LogP contribution in [0.3, 0.4) is 0 Å². The van der Waals surface area contributed by atoms with Crippen molar-refractivity contribution in [2.24, 2.45) is 0 Å². The van der Waals surface area contributed by atoms with Gasteiger partial charge in [0.1, 0.15) is 24.7 Å². The third-order valence-electron chi connectivity index (χ3n) is 3.08. The Morgan fingerprint density at radius 3 is 1.82 bits per heavy atom. The molecule has 0 nitrogen and oxygen atoms in total. The van der Waals surface area contributed by atoms with Crippen LogP contribution in [0.1, 0.15) is 17.9 Å². The maximum absolute atomic E-state index is 13.7. The molecule has 0 aromatic heterocycles. The summed E-state index contributed by atoms with van der Waals surface area (Å²) >= 11 is 3.19. The number of hydrogen-bond donors (Lipinski definition) is 0. The van der Waals surface area contributed by atoms with E-state index in [1.165, 1.54) is 12.1 Å². The molecule has 1 aliphatic carbocycles. The van der Waals surface area contributed by atoms with Gasteiger partial charge in [0.25, 0.3) is 0 Å². The van der Waals surface area contributed by atoms with E-state index >= 15 is 0 Å². The van der Waals surface area contributed by atoms with Crippen LogP contribution in [0.25, 0.3) is 0 Å². The summed E-state index contributed by atoms with van der Waals surface area (Å²) in [6.45, 7) is 0. The third kappa shape index (κ3) is 2.49. The molecule has 4 unspecified atom stereocenters. The van der Waals surface area contributed by atoms with Crippen LogP contribution in [0.4, 0.5) is 17.6 Å². The maximum Gasteiger partial charge on any atom is 0.141 e. The largest absolute Gasteiger partial charge is 0.244 e. The van der Waals surface area contributed by atoms with Crippen LogP contribution in [0.15, 0.2) is 28.7 Å². The zero-order valence-electron chi connectivity index (χ0n) is 8.79. The van der Waals surface area contributed by atoms with Gasteiger partial charge in [-0.15, -0.1) is 0 Å². The first-order valence-corrected chi connectivity index (χ1v) is 6.11. The summed E-state index contributed by atoms with van der Waals surface area (Å²) in [5, 5.41) is 0. The molecule has 1 fully saturated rings. The lowest BCUT2D eigenvalue weighted by molar-refractivity contribution is -0.00571. The second kappa shape index (κ2) is 4.96. The summed E-state index contributed by atoms with van der Waals surface area (Å²) in [5.41, 5.74) is 0.290. The molecule has 1 aromatic rings. The lowest BCUT2D eigenvalue weighted by Crippen LogP contribution is -2.43. The first kappa shape index (κ1) is 12.9. The smallest absolute Gasteiger partial charge is 0.141 e. The number of halogens is 5. The van der Waals surface area contributed by atoms with Crippen molar-refractivity contribution in [2.75, 3.05) is 0 Å². The van der Waals surface area contributed by atoms with E-state index in [2.05, 4.69) is 15.9 Å². The van der Waals surface area contributed by atoms with Gasteiger partial charge in [0.05, 0.1) is 5.92 Å². The average Bonchev–Trinajstić information content (AvgIpc) is 2.29. The normalized spacial score (nSPS) is 38.1. The van der Waals surface area contributed by atoms with Gasteiger partial charge in [0.15, 0.2) is 0 Å². The van der Waals surface area contributed by atoms with Crippen molar-refractivity contribution in [1.29, 1.82) is 0 Å². The van der Waals surface area contributed by atoms with Crippen LogP contribution in [0, 0.1) is 0 Å². The summed E-state index contributed by atoms with van der Waals surface area (Å²) in [7, 11) is 0. The molecule has 0 spiro atoms. The quantitative estimate of drug-likeness (QED) is 0.679. The van der Waals surface area contributed by atoms with Crippen molar-refractivity contribution in [3.63, 3.8) is 0 Å². The van der Waals surface area contributed by atoms with E-state index in [0.717, 1.165) is 4.47 Å². The molecular formula is C12H11BrF4. The van der Waals surface area contributed by atoms with Crippen molar-refractivity contribution in [1.82, 2.24) is 0 Å². The Hall–Kier alpha value is -0.580. The maximum atomic E-state index is 13.7. The standard InChI is InChI=1S/C12H11BrF4/c13-7-3-1-6(2-4-7)10-11(16)8(14)5-9(15)12(10)17/h1-4,8-12H,5H2. The van der Waals surface area contributed by atoms with Gasteiger partial charge in [-0.1, -0.05) is 28.1 Å². The van der Waals surface area contributed by atoms with E-state index in [1.54, 1.807) is 12.1 Å². The molecule has 0 saturated heterocycles. The van der Waals surface area contributed by atoms with E-state index in [4.69, 9.17) is 0 Å². The molecular weight excluding hydrogens is 300 g/mol. The highest BCUT2D eigenvalue weighted by Gasteiger charge is 2.47. The van der Waals surface area contributed by atoms with Gasteiger partial charge in [-0.05, 0) is 17.7 Å². The highest BCUT2D eigenvalue weighted by atomic mass is 79.9. The number of alkyl halides is 4. The molecule has 0 N–H and O–H groups in total. The topological polar surface area (TPSA) is 0 Å². The Morgan fingerprint density at radius 2 is 1.35 bits per heavy atom. The van der Waals surface area contributed by atoms with Crippen molar-refractivity contribution < 1.29 is 17.6 Å². The molecule has 0 heterocycles. The fourth-order valence-corrected chi connectivity index (χ4v) is 2.42. The summed E-state index contributed by atoms with van der Waals surface area (Å²) in [6.07, 6.45) is -8.55. The Kier molecular flexibility index (Phi) is 3.76. The molecule has 0 bridgehead atoms. The monoisotopic (exact) mass is 310 g/mol. The van der Waals surface area contributed by atoms with E-state index in [0.29, 0.717) is 5.56 Å². The summed E-state index contributed by atoms with van der Waals surface area (Å²) < 4.78 is 54.5. The van der Waals surface area contributed by atoms with Crippen molar-refractivity contribution in [2.45, 2.75) is 37.0 Å². The first-order chi connectivity index (χ1) is 8.00. The van der Waals surface area contributed by atoms with Gasteiger partial charge in [-0.3, -0.25) is 0 Å². The number of hydrogen-bond acceptors (Lipinski definition) is 0. The van der Waals surface area contributed by atoms with Gasteiger partial charge in [0.2, 0.25) is 0 Å². The second-order valence-electron chi connectivity index (χ2n) is 4.23. The minimum Gasteiger partial charge on any atom is -0.244 e. The number of benzene rings is 1. The van der Waals surface area contributed by atoms with Crippen LogP contribution >= 0.6 is 15.9 Å². The van der Waals surface area contributed by atoms with Gasteiger partial charge in [-0.2, -0.15) is 0 Å². The molecule has 0 aliphatic heterocycles. The molecule has 94 valence electrons. The third-order valence-corrected chi connectivity index (χ3v) is 3.61. The van der Waals surface area contributed by atoms with E-state index in [-0.39, 0.29) is 0 Å². The van der Waals surface area contributed by atoms with Gasteiger partial charge < -0.3 is 0 Å². The Labute approximate surface area is 105 Å². The molecule has 0 amide bonds. The lowest BCUT2D eigenvalue weighted by atomic mass is 9.79. The van der Waals surface area contributed by atoms with E-state index in [9.17, 15) is 17.6 Å². The minimum absolute atomic E-state index is 0.290. The van der Waals surface area contributed by atoms with Gasteiger partial charge in [-0.25, -0.2) is 17.6 Å². The van der Waals surface area contributed by atoms with E-state index < -0.39 is 37.0 Å². The molecule has 1 aromatic carbocycles. The zero-order chi connectivity index (χ0) is 12.6. The predicted molar refractivity (Wildman–Crippen MR) is 61.1 cm³/mol. The Morgan fingerprint density at radius 1 is 0.882 bits per heavy atom. The summed E-state index contributed by atoms with van der Waals surface area (Å²) in [6, 6.07) is 6.17. The minimum atomic E-state index is -1.99.